The van der Waals surface area contributed by atoms with Crippen molar-refractivity contribution < 1.29 is 17.6 Å². The van der Waals surface area contributed by atoms with Crippen molar-refractivity contribution >= 4 is 21.6 Å². The summed E-state index contributed by atoms with van der Waals surface area (Å²) in [6, 6.07) is 10.6. The number of sulfonamides is 1. The summed E-state index contributed by atoms with van der Waals surface area (Å²) in [5.74, 6) is -0.702. The van der Waals surface area contributed by atoms with Crippen LogP contribution >= 0.6 is 0 Å². The Balaban J connectivity index is 2.20. The van der Waals surface area contributed by atoms with E-state index < -0.39 is 15.9 Å². The minimum absolute atomic E-state index is 0.00396. The standard InChI is InChI=1S/C17H20FN3O3S/c1-19-17(22)15-11-14(25(23,24)20-2)6-7-16(15)21-9-8-12-4-3-5-13(18)10-12/h3-7,10-11,20-21H,8-9H2,1-2H3,(H,19,22). The maximum Gasteiger partial charge on any atom is 0.253 e. The van der Waals surface area contributed by atoms with Crippen LogP contribution in [0.3, 0.4) is 0 Å². The molecule has 134 valence electrons. The van der Waals surface area contributed by atoms with E-state index >= 15 is 0 Å². The zero-order valence-corrected chi connectivity index (χ0v) is 14.8. The topological polar surface area (TPSA) is 87.3 Å². The summed E-state index contributed by atoms with van der Waals surface area (Å²) < 4.78 is 39.2. The van der Waals surface area contributed by atoms with Gasteiger partial charge in [0.05, 0.1) is 10.5 Å². The Morgan fingerprint density at radius 1 is 1.12 bits per heavy atom. The third-order valence-electron chi connectivity index (χ3n) is 3.66. The molecule has 3 N–H and O–H groups in total. The van der Waals surface area contributed by atoms with Crippen LogP contribution in [0, 0.1) is 5.82 Å². The summed E-state index contributed by atoms with van der Waals surface area (Å²) in [6.07, 6.45) is 0.557. The Bertz CT molecular complexity index is 869. The molecule has 6 nitrogen and oxygen atoms in total. The molecule has 0 aliphatic heterocycles. The van der Waals surface area contributed by atoms with Gasteiger partial charge in [0.15, 0.2) is 0 Å². The molecular weight excluding hydrogens is 345 g/mol. The van der Waals surface area contributed by atoms with Crippen molar-refractivity contribution in [3.63, 3.8) is 0 Å². The van der Waals surface area contributed by atoms with E-state index in [1.807, 2.05) is 6.07 Å². The van der Waals surface area contributed by atoms with Crippen molar-refractivity contribution in [2.75, 3.05) is 26.0 Å². The Labute approximate surface area is 146 Å². The van der Waals surface area contributed by atoms with E-state index in [-0.39, 0.29) is 16.3 Å². The molecule has 2 aromatic rings. The lowest BCUT2D eigenvalue weighted by Gasteiger charge is -2.13. The lowest BCUT2D eigenvalue weighted by molar-refractivity contribution is 0.0963. The van der Waals surface area contributed by atoms with Crippen molar-refractivity contribution in [3.8, 4) is 0 Å². The van der Waals surface area contributed by atoms with E-state index in [0.29, 0.717) is 18.7 Å². The first-order valence-corrected chi connectivity index (χ1v) is 9.13. The summed E-state index contributed by atoms with van der Waals surface area (Å²) in [4.78, 5) is 12.1. The van der Waals surface area contributed by atoms with Gasteiger partial charge in [-0.3, -0.25) is 4.79 Å². The van der Waals surface area contributed by atoms with Crippen LogP contribution in [0.2, 0.25) is 0 Å². The molecule has 25 heavy (non-hydrogen) atoms. The average Bonchev–Trinajstić information content (AvgIpc) is 2.61. The second-order valence-corrected chi connectivity index (χ2v) is 7.19. The van der Waals surface area contributed by atoms with Gasteiger partial charge in [-0.25, -0.2) is 17.5 Å². The van der Waals surface area contributed by atoms with Crippen LogP contribution in [0.4, 0.5) is 10.1 Å². The number of hydrogen-bond donors (Lipinski definition) is 3. The van der Waals surface area contributed by atoms with Gasteiger partial charge in [-0.05, 0) is 49.4 Å². The zero-order valence-electron chi connectivity index (χ0n) is 14.0. The van der Waals surface area contributed by atoms with Crippen LogP contribution in [-0.2, 0) is 16.4 Å². The lowest BCUT2D eigenvalue weighted by atomic mass is 10.1. The molecule has 8 heteroatoms. The number of nitrogens with one attached hydrogen (secondary N) is 3. The van der Waals surface area contributed by atoms with Gasteiger partial charge in [0, 0.05) is 19.3 Å². The highest BCUT2D eigenvalue weighted by Crippen LogP contribution is 2.21. The Kier molecular flexibility index (Phi) is 6.11. The fourth-order valence-corrected chi connectivity index (χ4v) is 3.07. The van der Waals surface area contributed by atoms with Crippen molar-refractivity contribution in [1.29, 1.82) is 0 Å². The summed E-state index contributed by atoms with van der Waals surface area (Å²) >= 11 is 0. The summed E-state index contributed by atoms with van der Waals surface area (Å²) in [5, 5.41) is 5.58. The normalized spacial score (nSPS) is 11.2. The fourth-order valence-electron chi connectivity index (χ4n) is 2.32. The highest BCUT2D eigenvalue weighted by molar-refractivity contribution is 7.89. The van der Waals surface area contributed by atoms with Crippen molar-refractivity contribution in [2.45, 2.75) is 11.3 Å². The average molecular weight is 365 g/mol. The molecule has 0 bridgehead atoms. The summed E-state index contributed by atoms with van der Waals surface area (Å²) in [5.41, 5.74) is 1.55. The molecule has 1 amide bonds. The molecule has 0 spiro atoms. The van der Waals surface area contributed by atoms with Gasteiger partial charge in [-0.2, -0.15) is 0 Å². The van der Waals surface area contributed by atoms with E-state index in [1.165, 1.54) is 38.4 Å². The number of rotatable bonds is 7. The second-order valence-electron chi connectivity index (χ2n) is 5.30. The van der Waals surface area contributed by atoms with Gasteiger partial charge in [-0.15, -0.1) is 0 Å². The van der Waals surface area contributed by atoms with E-state index in [2.05, 4.69) is 15.4 Å². The first-order chi connectivity index (χ1) is 11.9. The van der Waals surface area contributed by atoms with Crippen LogP contribution in [0.1, 0.15) is 15.9 Å². The molecule has 2 rings (SSSR count). The minimum Gasteiger partial charge on any atom is -0.384 e. The molecule has 0 aliphatic carbocycles. The lowest BCUT2D eigenvalue weighted by Crippen LogP contribution is -2.23. The monoisotopic (exact) mass is 365 g/mol. The molecule has 0 saturated heterocycles. The third kappa shape index (κ3) is 4.77. The number of halogens is 1. The van der Waals surface area contributed by atoms with E-state index in [1.54, 1.807) is 12.1 Å². The Morgan fingerprint density at radius 2 is 1.88 bits per heavy atom. The van der Waals surface area contributed by atoms with Gasteiger partial charge in [0.2, 0.25) is 10.0 Å². The second kappa shape index (κ2) is 8.09. The van der Waals surface area contributed by atoms with Gasteiger partial charge in [0.1, 0.15) is 5.82 Å². The molecule has 0 saturated carbocycles. The smallest absolute Gasteiger partial charge is 0.253 e. The Hall–Kier alpha value is -2.45. The largest absolute Gasteiger partial charge is 0.384 e. The molecular formula is C17H20FN3O3S. The van der Waals surface area contributed by atoms with Crippen LogP contribution < -0.4 is 15.4 Å². The molecule has 0 radical (unpaired) electrons. The van der Waals surface area contributed by atoms with Crippen molar-refractivity contribution in [1.82, 2.24) is 10.0 Å². The molecule has 0 heterocycles. The number of hydrogen-bond acceptors (Lipinski definition) is 4. The molecule has 0 fully saturated rings. The van der Waals surface area contributed by atoms with Gasteiger partial charge < -0.3 is 10.6 Å². The number of carbonyl (C=O) groups excluding carboxylic acids is 1. The molecule has 0 aliphatic rings. The molecule has 0 atom stereocenters. The van der Waals surface area contributed by atoms with Crippen LogP contribution in [0.25, 0.3) is 0 Å². The maximum absolute atomic E-state index is 13.2. The maximum atomic E-state index is 13.2. The molecule has 0 unspecified atom stereocenters. The van der Waals surface area contributed by atoms with E-state index in [4.69, 9.17) is 0 Å². The van der Waals surface area contributed by atoms with Crippen LogP contribution in [0.15, 0.2) is 47.4 Å². The fraction of sp³-hybridized carbons (Fsp3) is 0.235. The van der Waals surface area contributed by atoms with E-state index in [9.17, 15) is 17.6 Å². The van der Waals surface area contributed by atoms with Gasteiger partial charge >= 0.3 is 0 Å². The highest BCUT2D eigenvalue weighted by atomic mass is 32.2. The van der Waals surface area contributed by atoms with Gasteiger partial charge in [-0.1, -0.05) is 12.1 Å². The predicted molar refractivity (Wildman–Crippen MR) is 94.7 cm³/mol. The Morgan fingerprint density at radius 3 is 2.52 bits per heavy atom. The third-order valence-corrected chi connectivity index (χ3v) is 5.07. The highest BCUT2D eigenvalue weighted by Gasteiger charge is 2.17. The quantitative estimate of drug-likeness (QED) is 0.698. The summed E-state index contributed by atoms with van der Waals surface area (Å²) in [6.45, 7) is 0.464. The minimum atomic E-state index is -3.65. The van der Waals surface area contributed by atoms with Crippen molar-refractivity contribution in [2.24, 2.45) is 0 Å². The number of benzene rings is 2. The predicted octanol–water partition coefficient (Wildman–Crippen LogP) is 1.75. The molecule has 0 aromatic heterocycles. The number of anilines is 1. The SMILES string of the molecule is CNC(=O)c1cc(S(=O)(=O)NC)ccc1NCCc1cccc(F)c1. The van der Waals surface area contributed by atoms with Gasteiger partial charge in [0.25, 0.3) is 5.91 Å². The first-order valence-electron chi connectivity index (χ1n) is 7.65. The molecule has 2 aromatic carbocycles. The van der Waals surface area contributed by atoms with E-state index in [0.717, 1.165) is 5.56 Å². The summed E-state index contributed by atoms with van der Waals surface area (Å²) in [7, 11) is -0.871. The van der Waals surface area contributed by atoms with Crippen LogP contribution in [0.5, 0.6) is 0 Å². The zero-order chi connectivity index (χ0) is 18.4. The first kappa shape index (κ1) is 18.9. The number of carbonyl (C=O) groups is 1. The van der Waals surface area contributed by atoms with Crippen molar-refractivity contribution in [3.05, 3.63) is 59.4 Å². The number of amides is 1. The van der Waals surface area contributed by atoms with Crippen LogP contribution in [-0.4, -0.2) is 35.0 Å².